The Kier molecular flexibility index (Phi) is 5.11. The van der Waals surface area contributed by atoms with Gasteiger partial charge in [-0.15, -0.1) is 0 Å². The number of hydrogen-bond acceptors (Lipinski definition) is 5. The van der Waals surface area contributed by atoms with Crippen LogP contribution in [0.15, 0.2) is 88.5 Å². The third-order valence-electron chi connectivity index (χ3n) is 4.34. The quantitative estimate of drug-likeness (QED) is 0.509. The standard InChI is InChI=1S/C21H17N3O4S/c25-21(24-20-7-1-6-19-18(20)5-2-12-22-19)15-8-10-17(11-9-15)29(26,27)23-14-16-4-3-13-28-16/h1-13,23H,14H2,(H,24,25). The third kappa shape index (κ3) is 4.18. The van der Waals surface area contributed by atoms with Crippen molar-refractivity contribution in [3.05, 3.63) is 90.5 Å². The van der Waals surface area contributed by atoms with Gasteiger partial charge in [-0.1, -0.05) is 6.07 Å². The number of fused-ring (bicyclic) bond motifs is 1. The van der Waals surface area contributed by atoms with Gasteiger partial charge in [0.15, 0.2) is 0 Å². The van der Waals surface area contributed by atoms with Crippen LogP contribution < -0.4 is 10.0 Å². The minimum absolute atomic E-state index is 0.0483. The lowest BCUT2D eigenvalue weighted by Crippen LogP contribution is -2.23. The van der Waals surface area contributed by atoms with Gasteiger partial charge in [0.25, 0.3) is 5.91 Å². The topological polar surface area (TPSA) is 101 Å². The number of aromatic nitrogens is 1. The van der Waals surface area contributed by atoms with Crippen molar-refractivity contribution in [3.63, 3.8) is 0 Å². The SMILES string of the molecule is O=C(Nc1cccc2ncccc12)c1ccc(S(=O)(=O)NCc2ccco2)cc1. The zero-order valence-electron chi connectivity index (χ0n) is 15.2. The molecule has 4 aromatic rings. The highest BCUT2D eigenvalue weighted by Gasteiger charge is 2.16. The summed E-state index contributed by atoms with van der Waals surface area (Å²) in [7, 11) is -3.72. The van der Waals surface area contributed by atoms with Crippen molar-refractivity contribution in [1.29, 1.82) is 0 Å². The Balaban J connectivity index is 1.49. The molecule has 2 aromatic heterocycles. The third-order valence-corrected chi connectivity index (χ3v) is 5.75. The fourth-order valence-electron chi connectivity index (χ4n) is 2.85. The number of pyridine rings is 1. The number of hydrogen-bond donors (Lipinski definition) is 2. The molecule has 1 amide bonds. The molecule has 2 N–H and O–H groups in total. The molecule has 0 fully saturated rings. The van der Waals surface area contributed by atoms with Gasteiger partial charge < -0.3 is 9.73 Å². The molecular weight excluding hydrogens is 390 g/mol. The van der Waals surface area contributed by atoms with E-state index in [1.807, 2.05) is 18.2 Å². The van der Waals surface area contributed by atoms with Crippen LogP contribution in [-0.4, -0.2) is 19.3 Å². The van der Waals surface area contributed by atoms with Crippen LogP contribution in [0.3, 0.4) is 0 Å². The van der Waals surface area contributed by atoms with Gasteiger partial charge in [0.05, 0.1) is 28.9 Å². The lowest BCUT2D eigenvalue weighted by atomic mass is 10.1. The number of carbonyl (C=O) groups excluding carboxylic acids is 1. The van der Waals surface area contributed by atoms with Crippen molar-refractivity contribution in [1.82, 2.24) is 9.71 Å². The molecule has 146 valence electrons. The van der Waals surface area contributed by atoms with E-state index in [0.29, 0.717) is 17.0 Å². The van der Waals surface area contributed by atoms with Crippen LogP contribution in [0, 0.1) is 0 Å². The van der Waals surface area contributed by atoms with E-state index >= 15 is 0 Å². The molecule has 2 heterocycles. The van der Waals surface area contributed by atoms with Crippen LogP contribution in [0.1, 0.15) is 16.1 Å². The molecule has 0 spiro atoms. The number of nitrogens with zero attached hydrogens (tertiary/aromatic N) is 1. The number of furan rings is 1. The maximum Gasteiger partial charge on any atom is 0.255 e. The first-order valence-electron chi connectivity index (χ1n) is 8.80. The molecule has 0 saturated carbocycles. The van der Waals surface area contributed by atoms with Gasteiger partial charge in [-0.25, -0.2) is 13.1 Å². The first-order valence-corrected chi connectivity index (χ1v) is 10.3. The van der Waals surface area contributed by atoms with E-state index in [0.717, 1.165) is 10.9 Å². The number of amides is 1. The number of carbonyl (C=O) groups is 1. The minimum atomic E-state index is -3.72. The fourth-order valence-corrected chi connectivity index (χ4v) is 3.85. The predicted molar refractivity (Wildman–Crippen MR) is 109 cm³/mol. The van der Waals surface area contributed by atoms with E-state index in [9.17, 15) is 13.2 Å². The summed E-state index contributed by atoms with van der Waals surface area (Å²) >= 11 is 0. The van der Waals surface area contributed by atoms with Gasteiger partial charge in [-0.3, -0.25) is 9.78 Å². The second kappa shape index (κ2) is 7.86. The summed E-state index contributed by atoms with van der Waals surface area (Å²) in [6, 6.07) is 18.2. The average molecular weight is 407 g/mol. The predicted octanol–water partition coefficient (Wildman–Crippen LogP) is 3.56. The summed E-state index contributed by atoms with van der Waals surface area (Å²) in [5.41, 5.74) is 1.75. The molecule has 0 unspecified atom stereocenters. The first kappa shape index (κ1) is 18.9. The summed E-state index contributed by atoms with van der Waals surface area (Å²) < 4.78 is 32.3. The lowest BCUT2D eigenvalue weighted by Gasteiger charge is -2.09. The Labute approximate surface area is 167 Å². The average Bonchev–Trinajstić information content (AvgIpc) is 3.26. The molecule has 0 saturated heterocycles. The van der Waals surface area contributed by atoms with Crippen LogP contribution >= 0.6 is 0 Å². The molecule has 0 bridgehead atoms. The Bertz CT molecular complexity index is 1250. The van der Waals surface area contributed by atoms with Gasteiger partial charge in [0.1, 0.15) is 5.76 Å². The molecular formula is C21H17N3O4S. The number of sulfonamides is 1. The molecule has 4 rings (SSSR count). The highest BCUT2D eigenvalue weighted by Crippen LogP contribution is 2.22. The normalized spacial score (nSPS) is 11.4. The van der Waals surface area contributed by atoms with Crippen LogP contribution in [-0.2, 0) is 16.6 Å². The van der Waals surface area contributed by atoms with Crippen molar-refractivity contribution >= 4 is 32.5 Å². The number of anilines is 1. The molecule has 0 aliphatic carbocycles. The molecule has 0 aliphatic heterocycles. The molecule has 0 atom stereocenters. The molecule has 8 heteroatoms. The second-order valence-electron chi connectivity index (χ2n) is 6.26. The van der Waals surface area contributed by atoms with Crippen LogP contribution in [0.5, 0.6) is 0 Å². The maximum absolute atomic E-state index is 12.6. The highest BCUT2D eigenvalue weighted by molar-refractivity contribution is 7.89. The monoisotopic (exact) mass is 407 g/mol. The molecule has 7 nitrogen and oxygen atoms in total. The van der Waals surface area contributed by atoms with Gasteiger partial charge in [0, 0.05) is 17.1 Å². The largest absolute Gasteiger partial charge is 0.468 e. The Morgan fingerprint density at radius 1 is 0.966 bits per heavy atom. The Morgan fingerprint density at radius 3 is 2.55 bits per heavy atom. The van der Waals surface area contributed by atoms with Crippen LogP contribution in [0.25, 0.3) is 10.9 Å². The van der Waals surface area contributed by atoms with Crippen molar-refractivity contribution < 1.29 is 17.6 Å². The van der Waals surface area contributed by atoms with E-state index in [2.05, 4.69) is 15.0 Å². The smallest absolute Gasteiger partial charge is 0.255 e. The summed E-state index contributed by atoms with van der Waals surface area (Å²) in [5.74, 6) is 0.169. The summed E-state index contributed by atoms with van der Waals surface area (Å²) in [6.45, 7) is 0.0483. The maximum atomic E-state index is 12.6. The van der Waals surface area contributed by atoms with E-state index in [1.54, 1.807) is 30.5 Å². The lowest BCUT2D eigenvalue weighted by molar-refractivity contribution is 0.102. The van der Waals surface area contributed by atoms with E-state index in [1.165, 1.54) is 30.5 Å². The number of rotatable bonds is 6. The summed E-state index contributed by atoms with van der Waals surface area (Å²) in [6.07, 6.45) is 3.16. The van der Waals surface area contributed by atoms with Gasteiger partial charge in [0.2, 0.25) is 10.0 Å². The van der Waals surface area contributed by atoms with Crippen molar-refractivity contribution in [2.45, 2.75) is 11.4 Å². The van der Waals surface area contributed by atoms with Gasteiger partial charge in [-0.05, 0) is 60.7 Å². The van der Waals surface area contributed by atoms with Crippen LogP contribution in [0.4, 0.5) is 5.69 Å². The number of nitrogens with one attached hydrogen (secondary N) is 2. The molecule has 0 aliphatic rings. The first-order chi connectivity index (χ1) is 14.0. The second-order valence-corrected chi connectivity index (χ2v) is 8.03. The molecule has 29 heavy (non-hydrogen) atoms. The zero-order valence-corrected chi connectivity index (χ0v) is 16.0. The minimum Gasteiger partial charge on any atom is -0.468 e. The van der Waals surface area contributed by atoms with Crippen molar-refractivity contribution in [2.24, 2.45) is 0 Å². The molecule has 2 aromatic carbocycles. The summed E-state index contributed by atoms with van der Waals surface area (Å²) in [4.78, 5) is 16.9. The highest BCUT2D eigenvalue weighted by atomic mass is 32.2. The van der Waals surface area contributed by atoms with E-state index < -0.39 is 10.0 Å². The van der Waals surface area contributed by atoms with Gasteiger partial charge in [-0.2, -0.15) is 0 Å². The van der Waals surface area contributed by atoms with E-state index in [-0.39, 0.29) is 17.3 Å². The molecule has 0 radical (unpaired) electrons. The van der Waals surface area contributed by atoms with E-state index in [4.69, 9.17) is 4.42 Å². The van der Waals surface area contributed by atoms with Gasteiger partial charge >= 0.3 is 0 Å². The van der Waals surface area contributed by atoms with Crippen molar-refractivity contribution in [3.8, 4) is 0 Å². The Morgan fingerprint density at radius 2 is 1.79 bits per heavy atom. The zero-order chi connectivity index (χ0) is 20.3. The summed E-state index contributed by atoms with van der Waals surface area (Å²) in [5, 5.41) is 3.67. The Hall–Kier alpha value is -3.49. The fraction of sp³-hybridized carbons (Fsp3) is 0.0476. The van der Waals surface area contributed by atoms with Crippen LogP contribution in [0.2, 0.25) is 0 Å². The number of benzene rings is 2. The van der Waals surface area contributed by atoms with Crippen molar-refractivity contribution in [2.75, 3.05) is 5.32 Å².